The van der Waals surface area contributed by atoms with Crippen LogP contribution in [0, 0.1) is 26.7 Å². The predicted molar refractivity (Wildman–Crippen MR) is 131 cm³/mol. The van der Waals surface area contributed by atoms with E-state index in [-0.39, 0.29) is 23.3 Å². The van der Waals surface area contributed by atoms with E-state index >= 15 is 0 Å². The van der Waals surface area contributed by atoms with Gasteiger partial charge in [-0.1, -0.05) is 13.0 Å². The molecule has 1 saturated heterocycles. The van der Waals surface area contributed by atoms with Gasteiger partial charge in [0.25, 0.3) is 5.91 Å². The van der Waals surface area contributed by atoms with E-state index in [2.05, 4.69) is 10.6 Å². The Hall–Kier alpha value is -2.91. The second kappa shape index (κ2) is 9.38. The Morgan fingerprint density at radius 1 is 1.15 bits per heavy atom. The Labute approximate surface area is 200 Å². The number of hydrogen-bond acceptors (Lipinski definition) is 5. The molecule has 2 N–H and O–H groups in total. The minimum atomic E-state index is -3.85. The van der Waals surface area contributed by atoms with Gasteiger partial charge >= 0.3 is 0 Å². The molecular formula is C25H31N3O5S. The molecule has 9 heteroatoms. The molecule has 0 radical (unpaired) electrons. The van der Waals surface area contributed by atoms with Crippen LogP contribution in [0.15, 0.2) is 35.2 Å². The van der Waals surface area contributed by atoms with Crippen LogP contribution in [-0.2, 0) is 19.6 Å². The van der Waals surface area contributed by atoms with Crippen molar-refractivity contribution in [2.24, 2.45) is 5.92 Å². The zero-order valence-electron chi connectivity index (χ0n) is 20.0. The smallest absolute Gasteiger partial charge is 0.265 e. The van der Waals surface area contributed by atoms with Gasteiger partial charge in [0.05, 0.1) is 16.5 Å². The number of anilines is 2. The van der Waals surface area contributed by atoms with Gasteiger partial charge < -0.3 is 15.4 Å². The number of nitrogens with zero attached hydrogens (tertiary/aromatic N) is 1. The Balaban J connectivity index is 1.54. The van der Waals surface area contributed by atoms with E-state index in [1.165, 1.54) is 10.4 Å². The predicted octanol–water partition coefficient (Wildman–Crippen LogP) is 3.76. The highest BCUT2D eigenvalue weighted by atomic mass is 32.2. The molecular weight excluding hydrogens is 454 g/mol. The molecule has 0 aromatic heterocycles. The summed E-state index contributed by atoms with van der Waals surface area (Å²) in [7, 11) is -3.85. The van der Waals surface area contributed by atoms with Crippen molar-refractivity contribution in [3.8, 4) is 5.75 Å². The van der Waals surface area contributed by atoms with E-state index in [1.54, 1.807) is 13.0 Å². The second-order valence-corrected chi connectivity index (χ2v) is 11.0. The molecule has 0 bridgehead atoms. The molecule has 4 rings (SSSR count). The lowest BCUT2D eigenvalue weighted by molar-refractivity contribution is -0.123. The highest BCUT2D eigenvalue weighted by Gasteiger charge is 2.36. The lowest BCUT2D eigenvalue weighted by Gasteiger charge is -2.32. The summed E-state index contributed by atoms with van der Waals surface area (Å²) in [6, 6.07) is 8.84. The van der Waals surface area contributed by atoms with Crippen molar-refractivity contribution in [3.63, 3.8) is 0 Å². The summed E-state index contributed by atoms with van der Waals surface area (Å²) in [6.07, 6.45) is 1.04. The first-order valence-electron chi connectivity index (χ1n) is 11.6. The molecule has 2 heterocycles. The lowest BCUT2D eigenvalue weighted by Crippen LogP contribution is -2.44. The number of nitrogens with one attached hydrogen (secondary N) is 2. The van der Waals surface area contributed by atoms with Crippen molar-refractivity contribution in [3.05, 3.63) is 47.0 Å². The monoisotopic (exact) mass is 485 g/mol. The van der Waals surface area contributed by atoms with Gasteiger partial charge in [0.1, 0.15) is 5.75 Å². The van der Waals surface area contributed by atoms with Crippen LogP contribution in [-0.4, -0.2) is 43.7 Å². The van der Waals surface area contributed by atoms with Crippen molar-refractivity contribution in [2.75, 3.05) is 23.7 Å². The largest absolute Gasteiger partial charge is 0.478 e. The van der Waals surface area contributed by atoms with Gasteiger partial charge in [-0.05, 0) is 74.9 Å². The minimum Gasteiger partial charge on any atom is -0.478 e. The first kappa shape index (κ1) is 24.2. The molecule has 0 unspecified atom stereocenters. The van der Waals surface area contributed by atoms with Gasteiger partial charge in [0.2, 0.25) is 15.9 Å². The molecule has 0 saturated carbocycles. The fraction of sp³-hybridized carbons (Fsp3) is 0.440. The summed E-state index contributed by atoms with van der Waals surface area (Å²) < 4.78 is 34.3. The highest BCUT2D eigenvalue weighted by molar-refractivity contribution is 7.89. The number of ether oxygens (including phenoxy) is 1. The van der Waals surface area contributed by atoms with Crippen LogP contribution in [0.25, 0.3) is 0 Å². The van der Waals surface area contributed by atoms with Gasteiger partial charge in [-0.3, -0.25) is 9.59 Å². The van der Waals surface area contributed by atoms with E-state index < -0.39 is 22.0 Å². The maximum Gasteiger partial charge on any atom is 0.265 e. The molecule has 2 aromatic carbocycles. The van der Waals surface area contributed by atoms with Crippen LogP contribution in [0.2, 0.25) is 0 Å². The SMILES string of the molecule is CC[C@H]1Oc2cc(S(=O)(=O)N3CCC[C@H](C(=O)Nc4ccc(C)c(C)c4)C3)c(C)cc2NC1=O. The number of carbonyl (C=O) groups is 2. The highest BCUT2D eigenvalue weighted by Crippen LogP contribution is 2.36. The third-order valence-electron chi connectivity index (χ3n) is 6.61. The van der Waals surface area contributed by atoms with E-state index in [4.69, 9.17) is 4.74 Å². The average Bonchev–Trinajstić information content (AvgIpc) is 2.80. The Bertz CT molecular complexity index is 1240. The average molecular weight is 486 g/mol. The Kier molecular flexibility index (Phi) is 6.69. The molecule has 8 nitrogen and oxygen atoms in total. The lowest BCUT2D eigenvalue weighted by atomic mass is 9.98. The fourth-order valence-corrected chi connectivity index (χ4v) is 6.15. The van der Waals surface area contributed by atoms with Crippen LogP contribution in [0.1, 0.15) is 42.9 Å². The zero-order chi connectivity index (χ0) is 24.6. The zero-order valence-corrected chi connectivity index (χ0v) is 20.8. The summed E-state index contributed by atoms with van der Waals surface area (Å²) in [6.45, 7) is 7.98. The summed E-state index contributed by atoms with van der Waals surface area (Å²) in [5, 5.41) is 5.73. The summed E-state index contributed by atoms with van der Waals surface area (Å²) >= 11 is 0. The summed E-state index contributed by atoms with van der Waals surface area (Å²) in [4.78, 5) is 25.2. The van der Waals surface area contributed by atoms with Crippen LogP contribution in [0.4, 0.5) is 11.4 Å². The van der Waals surface area contributed by atoms with Crippen molar-refractivity contribution in [1.29, 1.82) is 0 Å². The van der Waals surface area contributed by atoms with Crippen LogP contribution < -0.4 is 15.4 Å². The van der Waals surface area contributed by atoms with E-state index in [1.807, 2.05) is 39.0 Å². The van der Waals surface area contributed by atoms with Gasteiger partial charge in [0, 0.05) is 24.8 Å². The molecule has 1 fully saturated rings. The second-order valence-electron chi connectivity index (χ2n) is 9.11. The first-order chi connectivity index (χ1) is 16.1. The molecule has 182 valence electrons. The van der Waals surface area contributed by atoms with Gasteiger partial charge in [-0.25, -0.2) is 8.42 Å². The van der Waals surface area contributed by atoms with E-state index in [0.29, 0.717) is 48.5 Å². The van der Waals surface area contributed by atoms with E-state index in [0.717, 1.165) is 11.1 Å². The molecule has 2 aromatic rings. The third-order valence-corrected chi connectivity index (χ3v) is 8.62. The van der Waals surface area contributed by atoms with Crippen LogP contribution >= 0.6 is 0 Å². The standard InChI is InChI=1S/C25H31N3O5S/c1-5-21-25(30)27-20-12-17(4)23(13-22(20)33-21)34(31,32)28-10-6-7-18(14-28)24(29)26-19-9-8-15(2)16(3)11-19/h8-9,11-13,18,21H,5-7,10,14H2,1-4H3,(H,26,29)(H,27,30)/t18-,21+/m0/s1. The van der Waals surface area contributed by atoms with Gasteiger partial charge in [-0.15, -0.1) is 0 Å². The maximum absolute atomic E-state index is 13.6. The quantitative estimate of drug-likeness (QED) is 0.671. The molecule has 2 aliphatic rings. The Morgan fingerprint density at radius 3 is 2.62 bits per heavy atom. The number of carbonyl (C=O) groups excluding carboxylic acids is 2. The van der Waals surface area contributed by atoms with Gasteiger partial charge in [-0.2, -0.15) is 4.31 Å². The number of rotatable bonds is 5. The molecule has 0 spiro atoms. The van der Waals surface area contributed by atoms with Crippen LogP contribution in [0.5, 0.6) is 5.75 Å². The first-order valence-corrected chi connectivity index (χ1v) is 13.0. The number of fused-ring (bicyclic) bond motifs is 1. The topological polar surface area (TPSA) is 105 Å². The molecule has 2 aliphatic heterocycles. The maximum atomic E-state index is 13.6. The number of piperidine rings is 1. The van der Waals surface area contributed by atoms with Crippen molar-refractivity contribution in [2.45, 2.75) is 58.0 Å². The number of sulfonamides is 1. The van der Waals surface area contributed by atoms with Gasteiger partial charge in [0.15, 0.2) is 6.10 Å². The fourth-order valence-electron chi connectivity index (χ4n) is 4.41. The number of aryl methyl sites for hydroxylation is 3. The molecule has 34 heavy (non-hydrogen) atoms. The normalized spacial score (nSPS) is 20.8. The number of amides is 2. The van der Waals surface area contributed by atoms with Crippen LogP contribution in [0.3, 0.4) is 0 Å². The third kappa shape index (κ3) is 4.67. The Morgan fingerprint density at radius 2 is 1.91 bits per heavy atom. The molecule has 2 atom stereocenters. The summed E-state index contributed by atoms with van der Waals surface area (Å²) in [5.41, 5.74) is 3.91. The number of benzene rings is 2. The van der Waals surface area contributed by atoms with Crippen molar-refractivity contribution >= 4 is 33.2 Å². The van der Waals surface area contributed by atoms with Crippen molar-refractivity contribution < 1.29 is 22.7 Å². The van der Waals surface area contributed by atoms with E-state index in [9.17, 15) is 18.0 Å². The van der Waals surface area contributed by atoms with Crippen molar-refractivity contribution in [1.82, 2.24) is 4.31 Å². The molecule has 0 aliphatic carbocycles. The summed E-state index contributed by atoms with van der Waals surface area (Å²) in [5.74, 6) is -0.513. The minimum absolute atomic E-state index is 0.116. The molecule has 2 amide bonds. The number of hydrogen-bond donors (Lipinski definition) is 2.